The number of halogens is 1. The number of esters is 1. The minimum absolute atomic E-state index is 0.148. The highest BCUT2D eigenvalue weighted by Crippen LogP contribution is 2.26. The van der Waals surface area contributed by atoms with Crippen LogP contribution in [0.5, 0.6) is 0 Å². The summed E-state index contributed by atoms with van der Waals surface area (Å²) in [6.45, 7) is 7.36. The first-order valence-electron chi connectivity index (χ1n) is 12.4. The fourth-order valence-electron chi connectivity index (χ4n) is 4.67. The van der Waals surface area contributed by atoms with E-state index in [0.717, 1.165) is 42.5 Å². The molecule has 1 fully saturated rings. The van der Waals surface area contributed by atoms with Crippen molar-refractivity contribution in [3.63, 3.8) is 0 Å². The highest BCUT2D eigenvalue weighted by molar-refractivity contribution is 6.30. The third kappa shape index (κ3) is 6.53. The van der Waals surface area contributed by atoms with Gasteiger partial charge in [0.05, 0.1) is 18.8 Å². The summed E-state index contributed by atoms with van der Waals surface area (Å²) in [4.78, 5) is 30.2. The molecule has 3 aromatic rings. The van der Waals surface area contributed by atoms with Crippen LogP contribution >= 0.6 is 11.6 Å². The minimum atomic E-state index is -0.505. The number of piperidine rings is 1. The lowest BCUT2D eigenvalue weighted by Crippen LogP contribution is -2.55. The maximum atomic E-state index is 13.3. The molecular formula is C28H34ClN4O3+. The number of benzene rings is 2. The van der Waals surface area contributed by atoms with Gasteiger partial charge in [-0.3, -0.25) is 14.2 Å². The number of anilines is 1. The number of nitrogens with zero attached hydrogens (tertiary/aromatic N) is 3. The molecule has 0 atom stereocenters. The normalized spacial score (nSPS) is 19.6. The van der Waals surface area contributed by atoms with Crippen LogP contribution in [-0.4, -0.2) is 39.8 Å². The van der Waals surface area contributed by atoms with E-state index in [1.54, 1.807) is 6.92 Å². The predicted octanol–water partition coefficient (Wildman–Crippen LogP) is 4.76. The summed E-state index contributed by atoms with van der Waals surface area (Å²) in [6, 6.07) is 19.9. The Morgan fingerprint density at radius 1 is 1.08 bits per heavy atom. The van der Waals surface area contributed by atoms with Crippen molar-refractivity contribution in [1.29, 1.82) is 0 Å². The van der Waals surface area contributed by atoms with Gasteiger partial charge in [0, 0.05) is 5.56 Å². The van der Waals surface area contributed by atoms with Gasteiger partial charge in [0.1, 0.15) is 19.7 Å². The summed E-state index contributed by atoms with van der Waals surface area (Å²) < 4.78 is 7.54. The van der Waals surface area contributed by atoms with Crippen molar-refractivity contribution >= 4 is 23.4 Å². The first kappa shape index (κ1) is 25.9. The first-order valence-corrected chi connectivity index (χ1v) is 12.8. The molecule has 0 saturated carbocycles. The van der Waals surface area contributed by atoms with Crippen LogP contribution in [-0.2, 0) is 29.2 Å². The molecule has 0 radical (unpaired) electrons. The lowest BCUT2D eigenvalue weighted by molar-refractivity contribution is -0.943. The summed E-state index contributed by atoms with van der Waals surface area (Å²) in [5.74, 6) is 0.346. The fourth-order valence-corrected chi connectivity index (χ4v) is 4.85. The Hall–Kier alpha value is -3.16. The number of carbonyl (C=O) groups is 1. The Kier molecular flexibility index (Phi) is 8.44. The Labute approximate surface area is 217 Å². The molecule has 8 heteroatoms. The average molecular weight is 510 g/mol. The lowest BCUT2D eigenvalue weighted by atomic mass is 9.96. The standard InChI is InChI=1S/C28H34ClN4O3/c1-21-13-15-33(16-14-21,18-23-9-5-3-6-10-23)20-30-27-28(35)32(22(2)26(29)31-27)17-25(34)36-19-24-11-7-4-8-12-24/h3-12,21H,13-20H2,1-2H3,(H,30,31)/q+1. The highest BCUT2D eigenvalue weighted by Gasteiger charge is 2.33. The zero-order valence-electron chi connectivity index (χ0n) is 21.0. The van der Waals surface area contributed by atoms with Crippen molar-refractivity contribution in [3.8, 4) is 0 Å². The molecule has 36 heavy (non-hydrogen) atoms. The number of quaternary nitrogens is 1. The lowest BCUT2D eigenvalue weighted by Gasteiger charge is -2.43. The van der Waals surface area contributed by atoms with Gasteiger partial charge in [0.25, 0.3) is 5.56 Å². The molecule has 0 unspecified atom stereocenters. The molecule has 2 aromatic carbocycles. The van der Waals surface area contributed by atoms with Crippen molar-refractivity contribution in [2.24, 2.45) is 5.92 Å². The predicted molar refractivity (Wildman–Crippen MR) is 142 cm³/mol. The Balaban J connectivity index is 1.49. The summed E-state index contributed by atoms with van der Waals surface area (Å²) in [5, 5.41) is 3.48. The van der Waals surface area contributed by atoms with Crippen LogP contribution in [0.15, 0.2) is 65.5 Å². The molecular weight excluding hydrogens is 476 g/mol. The van der Waals surface area contributed by atoms with E-state index in [2.05, 4.69) is 41.5 Å². The monoisotopic (exact) mass is 509 g/mol. The first-order chi connectivity index (χ1) is 17.3. The number of likely N-dealkylation sites (tertiary alicyclic amines) is 1. The number of aromatic nitrogens is 2. The van der Waals surface area contributed by atoms with E-state index in [9.17, 15) is 9.59 Å². The molecule has 7 nitrogen and oxygen atoms in total. The van der Waals surface area contributed by atoms with E-state index in [4.69, 9.17) is 16.3 Å². The molecule has 0 amide bonds. The molecule has 1 saturated heterocycles. The van der Waals surface area contributed by atoms with Gasteiger partial charge in [-0.1, -0.05) is 79.2 Å². The van der Waals surface area contributed by atoms with Crippen LogP contribution < -0.4 is 10.9 Å². The molecule has 190 valence electrons. The zero-order chi connectivity index (χ0) is 25.5. The van der Waals surface area contributed by atoms with E-state index in [1.807, 2.05) is 36.4 Å². The largest absolute Gasteiger partial charge is 0.459 e. The molecule has 1 N–H and O–H groups in total. The van der Waals surface area contributed by atoms with Crippen LogP contribution in [0.2, 0.25) is 5.15 Å². The number of carbonyl (C=O) groups excluding carboxylic acids is 1. The topological polar surface area (TPSA) is 73.2 Å². The van der Waals surface area contributed by atoms with Crippen molar-refractivity contribution < 1.29 is 14.0 Å². The molecule has 1 aromatic heterocycles. The SMILES string of the molecule is Cc1c(Cl)nc(NC[N+]2(Cc3ccccc3)CCC(C)CC2)c(=O)n1CC(=O)OCc1ccccc1. The van der Waals surface area contributed by atoms with Crippen molar-refractivity contribution in [3.05, 3.63) is 93.0 Å². The molecule has 1 aliphatic rings. The van der Waals surface area contributed by atoms with Crippen molar-refractivity contribution in [1.82, 2.24) is 9.55 Å². The van der Waals surface area contributed by atoms with Gasteiger partial charge in [-0.25, -0.2) is 4.98 Å². The minimum Gasteiger partial charge on any atom is -0.459 e. The van der Waals surface area contributed by atoms with Gasteiger partial charge in [-0.2, -0.15) is 0 Å². The van der Waals surface area contributed by atoms with Crippen LogP contribution in [0.4, 0.5) is 5.82 Å². The van der Waals surface area contributed by atoms with Gasteiger partial charge in [-0.05, 0) is 31.2 Å². The highest BCUT2D eigenvalue weighted by atomic mass is 35.5. The molecule has 1 aliphatic heterocycles. The molecule has 4 rings (SSSR count). The smallest absolute Gasteiger partial charge is 0.326 e. The number of nitrogens with one attached hydrogen (secondary N) is 1. The quantitative estimate of drug-likeness (QED) is 0.332. The van der Waals surface area contributed by atoms with Gasteiger partial charge in [0.2, 0.25) is 0 Å². The summed E-state index contributed by atoms with van der Waals surface area (Å²) in [6.07, 6.45) is 2.27. The maximum absolute atomic E-state index is 13.3. The molecule has 0 spiro atoms. The average Bonchev–Trinajstić information content (AvgIpc) is 2.90. The second-order valence-electron chi connectivity index (χ2n) is 9.82. The number of hydrogen-bond donors (Lipinski definition) is 1. The second kappa shape index (κ2) is 11.7. The Morgan fingerprint density at radius 3 is 2.33 bits per heavy atom. The summed E-state index contributed by atoms with van der Waals surface area (Å²) >= 11 is 6.38. The van der Waals surface area contributed by atoms with E-state index in [1.165, 1.54) is 10.1 Å². The Morgan fingerprint density at radius 2 is 1.69 bits per heavy atom. The number of hydrogen-bond acceptors (Lipinski definition) is 5. The van der Waals surface area contributed by atoms with E-state index >= 15 is 0 Å². The Bertz CT molecular complexity index is 1220. The van der Waals surface area contributed by atoms with Crippen molar-refractivity contribution in [2.75, 3.05) is 25.1 Å². The van der Waals surface area contributed by atoms with E-state index in [-0.39, 0.29) is 29.7 Å². The number of ether oxygens (including phenoxy) is 1. The van der Waals surface area contributed by atoms with Crippen LogP contribution in [0.3, 0.4) is 0 Å². The van der Waals surface area contributed by atoms with Crippen molar-refractivity contribution in [2.45, 2.75) is 46.4 Å². The third-order valence-electron chi connectivity index (χ3n) is 7.03. The zero-order valence-corrected chi connectivity index (χ0v) is 21.7. The van der Waals surface area contributed by atoms with Gasteiger partial charge >= 0.3 is 5.97 Å². The van der Waals surface area contributed by atoms with Gasteiger partial charge < -0.3 is 14.5 Å². The van der Waals surface area contributed by atoms with Crippen LogP contribution in [0.25, 0.3) is 0 Å². The molecule has 0 bridgehead atoms. The van der Waals surface area contributed by atoms with Crippen LogP contribution in [0, 0.1) is 12.8 Å². The molecule has 2 heterocycles. The molecule has 0 aliphatic carbocycles. The third-order valence-corrected chi connectivity index (χ3v) is 7.38. The fraction of sp³-hybridized carbons (Fsp3) is 0.393. The van der Waals surface area contributed by atoms with Crippen LogP contribution in [0.1, 0.15) is 36.6 Å². The van der Waals surface area contributed by atoms with E-state index in [0.29, 0.717) is 18.3 Å². The van der Waals surface area contributed by atoms with E-state index < -0.39 is 5.97 Å². The summed E-state index contributed by atoms with van der Waals surface area (Å²) in [5.41, 5.74) is 2.20. The van der Waals surface area contributed by atoms with Gasteiger partial charge in [-0.15, -0.1) is 0 Å². The second-order valence-corrected chi connectivity index (χ2v) is 10.2. The number of rotatable bonds is 9. The van der Waals surface area contributed by atoms with Gasteiger partial charge in [0.15, 0.2) is 17.6 Å². The summed E-state index contributed by atoms with van der Waals surface area (Å²) in [7, 11) is 0. The maximum Gasteiger partial charge on any atom is 0.326 e.